The SMILES string of the molecule is C=P(C)(C)c1ccc(C2=c3ccccc3=C(c3ccccc3)C3(C)C=CC=CC23)cc1. The van der Waals surface area contributed by atoms with Crippen molar-refractivity contribution in [1.29, 1.82) is 0 Å². The lowest BCUT2D eigenvalue weighted by molar-refractivity contribution is 0.478. The molecule has 2 aliphatic carbocycles. The molecule has 2 atom stereocenters. The third kappa shape index (κ3) is 3.31. The summed E-state index contributed by atoms with van der Waals surface area (Å²) in [4.78, 5) is 0. The number of hydrogen-bond acceptors (Lipinski definition) is 0. The third-order valence-corrected chi connectivity index (χ3v) is 8.48. The van der Waals surface area contributed by atoms with E-state index in [4.69, 9.17) is 0 Å². The average molecular weight is 421 g/mol. The van der Waals surface area contributed by atoms with Crippen LogP contribution in [0.5, 0.6) is 0 Å². The summed E-state index contributed by atoms with van der Waals surface area (Å²) in [5.41, 5.74) is 5.36. The van der Waals surface area contributed by atoms with E-state index in [9.17, 15) is 0 Å². The Morgan fingerprint density at radius 3 is 2.06 bits per heavy atom. The zero-order chi connectivity index (χ0) is 21.6. The molecule has 0 spiro atoms. The zero-order valence-electron chi connectivity index (χ0n) is 18.5. The highest BCUT2D eigenvalue weighted by molar-refractivity contribution is 7.79. The molecule has 0 fully saturated rings. The van der Waals surface area contributed by atoms with E-state index in [1.54, 1.807) is 0 Å². The minimum absolute atomic E-state index is 0.100. The Bertz CT molecular complexity index is 1360. The fourth-order valence-corrected chi connectivity index (χ4v) is 6.17. The minimum Gasteiger partial charge on any atom is -0.0971 e. The van der Waals surface area contributed by atoms with Gasteiger partial charge in [0.25, 0.3) is 0 Å². The standard InChI is InChI=1S/C30H29P/c1-30-21-11-10-16-27(30)28(22-17-19-24(20-18-22)31(2,3)4)25-14-8-9-15-26(25)29(30)23-12-6-5-7-13-23/h5-21,27H,2H2,1,3-4H3. The Labute approximate surface area is 185 Å². The Morgan fingerprint density at radius 2 is 1.39 bits per heavy atom. The van der Waals surface area contributed by atoms with Gasteiger partial charge in [-0.3, -0.25) is 0 Å². The molecule has 0 N–H and O–H groups in total. The van der Waals surface area contributed by atoms with Gasteiger partial charge in [0.1, 0.15) is 0 Å². The van der Waals surface area contributed by atoms with Crippen LogP contribution in [-0.2, 0) is 0 Å². The summed E-state index contributed by atoms with van der Waals surface area (Å²) in [7, 11) is 0. The second kappa shape index (κ2) is 7.40. The second-order valence-electron chi connectivity index (χ2n) is 9.44. The van der Waals surface area contributed by atoms with Crippen LogP contribution in [0.15, 0.2) is 103 Å². The van der Waals surface area contributed by atoms with Crippen LogP contribution in [0.25, 0.3) is 11.1 Å². The topological polar surface area (TPSA) is 0 Å². The van der Waals surface area contributed by atoms with Gasteiger partial charge < -0.3 is 0 Å². The van der Waals surface area contributed by atoms with Crippen LogP contribution in [0.4, 0.5) is 0 Å². The van der Waals surface area contributed by atoms with Crippen molar-refractivity contribution in [1.82, 2.24) is 0 Å². The van der Waals surface area contributed by atoms with Gasteiger partial charge in [0.2, 0.25) is 0 Å². The van der Waals surface area contributed by atoms with Crippen LogP contribution in [0.1, 0.15) is 18.1 Å². The molecule has 31 heavy (non-hydrogen) atoms. The number of allylic oxidation sites excluding steroid dienone is 4. The first-order chi connectivity index (χ1) is 14.9. The minimum atomic E-state index is -1.27. The van der Waals surface area contributed by atoms with Crippen LogP contribution in [-0.4, -0.2) is 19.6 Å². The largest absolute Gasteiger partial charge is 0.0971 e. The molecule has 0 bridgehead atoms. The van der Waals surface area contributed by atoms with Gasteiger partial charge in [0.05, 0.1) is 0 Å². The number of rotatable bonds is 3. The molecule has 2 unspecified atom stereocenters. The molecule has 0 aliphatic heterocycles. The summed E-state index contributed by atoms with van der Waals surface area (Å²) >= 11 is 0. The monoisotopic (exact) mass is 420 g/mol. The normalized spacial score (nSPS) is 22.2. The van der Waals surface area contributed by atoms with Crippen molar-refractivity contribution in [2.45, 2.75) is 6.92 Å². The maximum Gasteiger partial charge on any atom is 0.0223 e. The molecule has 0 saturated carbocycles. The lowest BCUT2D eigenvalue weighted by Crippen LogP contribution is -2.45. The van der Waals surface area contributed by atoms with E-state index in [1.165, 1.54) is 38.0 Å². The van der Waals surface area contributed by atoms with Crippen LogP contribution in [0.3, 0.4) is 0 Å². The fourth-order valence-electron chi connectivity index (χ4n) is 5.21. The molecular weight excluding hydrogens is 391 g/mol. The van der Waals surface area contributed by atoms with E-state index in [1.807, 2.05) is 0 Å². The Morgan fingerprint density at radius 1 is 0.742 bits per heavy atom. The molecule has 154 valence electrons. The van der Waals surface area contributed by atoms with Crippen molar-refractivity contribution in [3.05, 3.63) is 125 Å². The smallest absolute Gasteiger partial charge is 0.0223 e. The summed E-state index contributed by atoms with van der Waals surface area (Å²) in [5, 5.41) is 4.07. The molecular formula is C30H29P. The van der Waals surface area contributed by atoms with Gasteiger partial charge >= 0.3 is 0 Å². The van der Waals surface area contributed by atoms with E-state index >= 15 is 0 Å². The lowest BCUT2D eigenvalue weighted by atomic mass is 9.60. The first-order valence-corrected chi connectivity index (χ1v) is 13.8. The van der Waals surface area contributed by atoms with E-state index in [-0.39, 0.29) is 11.3 Å². The van der Waals surface area contributed by atoms with Gasteiger partial charge in [0.15, 0.2) is 0 Å². The molecule has 0 radical (unpaired) electrons. The molecule has 3 aromatic carbocycles. The lowest BCUT2D eigenvalue weighted by Gasteiger charge is -2.42. The van der Waals surface area contributed by atoms with E-state index in [0.717, 1.165) is 0 Å². The van der Waals surface area contributed by atoms with Crippen molar-refractivity contribution >= 4 is 29.6 Å². The van der Waals surface area contributed by atoms with Gasteiger partial charge in [-0.25, -0.2) is 0 Å². The Hall–Kier alpha value is -2.82. The first kappa shape index (κ1) is 20.1. The van der Waals surface area contributed by atoms with Crippen LogP contribution in [0, 0.1) is 11.3 Å². The highest BCUT2D eigenvalue weighted by Gasteiger charge is 2.41. The van der Waals surface area contributed by atoms with Crippen molar-refractivity contribution in [2.75, 3.05) is 13.3 Å². The highest BCUT2D eigenvalue weighted by Crippen LogP contribution is 2.49. The van der Waals surface area contributed by atoms with Crippen molar-refractivity contribution in [2.24, 2.45) is 11.3 Å². The van der Waals surface area contributed by atoms with E-state index < -0.39 is 6.89 Å². The van der Waals surface area contributed by atoms with E-state index in [0.29, 0.717) is 0 Å². The number of hydrogen-bond donors (Lipinski definition) is 0. The molecule has 5 rings (SSSR count). The Balaban J connectivity index is 1.88. The van der Waals surface area contributed by atoms with Gasteiger partial charge in [-0.15, -0.1) is 0 Å². The summed E-state index contributed by atoms with van der Waals surface area (Å²) in [6, 6.07) is 29.0. The van der Waals surface area contributed by atoms with Crippen molar-refractivity contribution in [3.8, 4) is 0 Å². The molecule has 0 saturated heterocycles. The van der Waals surface area contributed by atoms with E-state index in [2.05, 4.69) is 130 Å². The van der Waals surface area contributed by atoms with Crippen molar-refractivity contribution in [3.63, 3.8) is 0 Å². The first-order valence-electron chi connectivity index (χ1n) is 10.9. The quantitative estimate of drug-likeness (QED) is 0.512. The molecule has 0 nitrogen and oxygen atoms in total. The maximum absolute atomic E-state index is 4.42. The summed E-state index contributed by atoms with van der Waals surface area (Å²) in [6.07, 6.45) is 13.6. The molecule has 1 heteroatoms. The molecule has 0 heterocycles. The fraction of sp³-hybridized carbons (Fsp3) is 0.167. The average Bonchev–Trinajstić information content (AvgIpc) is 2.77. The van der Waals surface area contributed by atoms with Gasteiger partial charge in [-0.2, -0.15) is 0 Å². The molecule has 3 aromatic rings. The maximum atomic E-state index is 4.42. The third-order valence-electron chi connectivity index (χ3n) is 6.78. The predicted octanol–water partition coefficient (Wildman–Crippen LogP) is 5.18. The van der Waals surface area contributed by atoms with Crippen molar-refractivity contribution < 1.29 is 0 Å². The zero-order valence-corrected chi connectivity index (χ0v) is 19.4. The number of benzene rings is 3. The Kier molecular flexibility index (Phi) is 4.80. The summed E-state index contributed by atoms with van der Waals surface area (Å²) < 4.78 is 0. The highest BCUT2D eigenvalue weighted by atomic mass is 31.2. The van der Waals surface area contributed by atoms with Gasteiger partial charge in [0, 0.05) is 11.3 Å². The summed E-state index contributed by atoms with van der Waals surface area (Å²) in [5.74, 6) is 0.288. The summed E-state index contributed by atoms with van der Waals surface area (Å²) in [6.45, 7) is 5.67. The molecule has 0 aromatic heterocycles. The van der Waals surface area contributed by atoms with Crippen LogP contribution >= 0.6 is 6.89 Å². The van der Waals surface area contributed by atoms with Crippen LogP contribution in [0.2, 0.25) is 0 Å². The van der Waals surface area contributed by atoms with Crippen LogP contribution < -0.4 is 15.7 Å². The molecule has 2 aliphatic rings. The second-order valence-corrected chi connectivity index (χ2v) is 13.3. The van der Waals surface area contributed by atoms with Gasteiger partial charge in [-0.1, -0.05) is 123 Å². The molecule has 0 amide bonds. The van der Waals surface area contributed by atoms with Gasteiger partial charge in [-0.05, 0) is 51.3 Å². The number of fused-ring (bicyclic) bond motifs is 2. The predicted molar refractivity (Wildman–Crippen MR) is 139 cm³/mol.